The molecule has 0 fully saturated rings. The zero-order valence-corrected chi connectivity index (χ0v) is 12.4. The zero-order valence-electron chi connectivity index (χ0n) is 11.7. The Kier molecular flexibility index (Phi) is 6.89. The van der Waals surface area contributed by atoms with Crippen LogP contribution in [-0.4, -0.2) is 12.5 Å². The first-order chi connectivity index (χ1) is 9.04. The van der Waals surface area contributed by atoms with E-state index in [0.29, 0.717) is 23.9 Å². The number of nitrogens with two attached hydrogens (primary N) is 1. The van der Waals surface area contributed by atoms with Crippen molar-refractivity contribution in [3.63, 3.8) is 0 Å². The van der Waals surface area contributed by atoms with Gasteiger partial charge in [0, 0.05) is 11.4 Å². The quantitative estimate of drug-likeness (QED) is 0.806. The zero-order chi connectivity index (χ0) is 14.3. The van der Waals surface area contributed by atoms with Gasteiger partial charge in [0.15, 0.2) is 0 Å². The molecule has 0 saturated carbocycles. The van der Waals surface area contributed by atoms with Gasteiger partial charge < -0.3 is 11.1 Å². The van der Waals surface area contributed by atoms with Crippen molar-refractivity contribution in [2.45, 2.75) is 39.2 Å². The standard InChI is InChI=1S/C15H23ClN2O/c1-11(9-10-17)7-8-15(19)18-12(2)13-5-3-4-6-14(13)16/h3-6,11-12H,7-10,17H2,1-2H3,(H,18,19). The molecule has 0 spiro atoms. The number of benzene rings is 1. The summed E-state index contributed by atoms with van der Waals surface area (Å²) in [6.45, 7) is 4.75. The minimum absolute atomic E-state index is 0.0639. The van der Waals surface area contributed by atoms with Crippen molar-refractivity contribution >= 4 is 17.5 Å². The highest BCUT2D eigenvalue weighted by Gasteiger charge is 2.12. The molecule has 0 aliphatic rings. The summed E-state index contributed by atoms with van der Waals surface area (Å²) in [7, 11) is 0. The average Bonchev–Trinajstić information content (AvgIpc) is 2.37. The number of halogens is 1. The highest BCUT2D eigenvalue weighted by molar-refractivity contribution is 6.31. The van der Waals surface area contributed by atoms with E-state index in [0.717, 1.165) is 18.4 Å². The molecule has 0 bridgehead atoms. The third kappa shape index (κ3) is 5.62. The highest BCUT2D eigenvalue weighted by atomic mass is 35.5. The van der Waals surface area contributed by atoms with Crippen molar-refractivity contribution in [2.24, 2.45) is 11.7 Å². The Labute approximate surface area is 120 Å². The summed E-state index contributed by atoms with van der Waals surface area (Å²) in [5, 5.41) is 3.67. The van der Waals surface area contributed by atoms with Crippen molar-refractivity contribution in [3.8, 4) is 0 Å². The third-order valence-corrected chi connectivity index (χ3v) is 3.62. The molecule has 3 N–H and O–H groups in total. The Hall–Kier alpha value is -1.06. The van der Waals surface area contributed by atoms with E-state index >= 15 is 0 Å². The van der Waals surface area contributed by atoms with Crippen LogP contribution in [0.4, 0.5) is 0 Å². The fraction of sp³-hybridized carbons (Fsp3) is 0.533. The van der Waals surface area contributed by atoms with Crippen LogP contribution in [0.2, 0.25) is 5.02 Å². The molecule has 0 saturated heterocycles. The summed E-state index contributed by atoms with van der Waals surface area (Å²) in [6, 6.07) is 7.51. The molecule has 0 radical (unpaired) electrons. The molecule has 2 unspecified atom stereocenters. The first-order valence-electron chi connectivity index (χ1n) is 6.78. The molecule has 1 rings (SSSR count). The summed E-state index contributed by atoms with van der Waals surface area (Å²) in [5.74, 6) is 0.558. The van der Waals surface area contributed by atoms with E-state index in [1.807, 2.05) is 31.2 Å². The van der Waals surface area contributed by atoms with Gasteiger partial charge >= 0.3 is 0 Å². The van der Waals surface area contributed by atoms with E-state index in [1.54, 1.807) is 0 Å². The lowest BCUT2D eigenvalue weighted by atomic mass is 10.0. The minimum Gasteiger partial charge on any atom is -0.350 e. The Morgan fingerprint density at radius 3 is 2.63 bits per heavy atom. The first kappa shape index (κ1) is 16.0. The van der Waals surface area contributed by atoms with Crippen molar-refractivity contribution in [3.05, 3.63) is 34.9 Å². The van der Waals surface area contributed by atoms with Crippen LogP contribution in [-0.2, 0) is 4.79 Å². The third-order valence-electron chi connectivity index (χ3n) is 3.27. The molecular formula is C15H23ClN2O. The van der Waals surface area contributed by atoms with Gasteiger partial charge in [0.1, 0.15) is 0 Å². The van der Waals surface area contributed by atoms with Crippen LogP contribution in [0.15, 0.2) is 24.3 Å². The van der Waals surface area contributed by atoms with Crippen molar-refractivity contribution in [1.29, 1.82) is 0 Å². The molecule has 0 heterocycles. The number of rotatable bonds is 7. The normalized spacial score (nSPS) is 13.9. The van der Waals surface area contributed by atoms with Gasteiger partial charge in [-0.05, 0) is 43.9 Å². The van der Waals surface area contributed by atoms with E-state index in [9.17, 15) is 4.79 Å². The monoisotopic (exact) mass is 282 g/mol. The Morgan fingerprint density at radius 2 is 2.00 bits per heavy atom. The lowest BCUT2D eigenvalue weighted by Gasteiger charge is -2.16. The van der Waals surface area contributed by atoms with Crippen LogP contribution >= 0.6 is 11.6 Å². The van der Waals surface area contributed by atoms with Gasteiger partial charge in [-0.15, -0.1) is 0 Å². The molecule has 4 heteroatoms. The molecule has 1 aromatic rings. The van der Waals surface area contributed by atoms with Gasteiger partial charge in [-0.3, -0.25) is 4.79 Å². The first-order valence-corrected chi connectivity index (χ1v) is 7.16. The van der Waals surface area contributed by atoms with Crippen LogP contribution in [0.3, 0.4) is 0 Å². The molecule has 3 nitrogen and oxygen atoms in total. The van der Waals surface area contributed by atoms with Gasteiger partial charge in [-0.25, -0.2) is 0 Å². The van der Waals surface area contributed by atoms with Crippen molar-refractivity contribution < 1.29 is 4.79 Å². The Morgan fingerprint density at radius 1 is 1.32 bits per heavy atom. The predicted molar refractivity (Wildman–Crippen MR) is 80.1 cm³/mol. The van der Waals surface area contributed by atoms with Crippen LogP contribution in [0.25, 0.3) is 0 Å². The van der Waals surface area contributed by atoms with Crippen molar-refractivity contribution in [2.75, 3.05) is 6.54 Å². The summed E-state index contributed by atoms with van der Waals surface area (Å²) >= 11 is 6.11. The number of hydrogen-bond acceptors (Lipinski definition) is 2. The molecule has 0 aliphatic carbocycles. The molecule has 106 valence electrons. The van der Waals surface area contributed by atoms with Gasteiger partial charge in [0.2, 0.25) is 5.91 Å². The predicted octanol–water partition coefficient (Wildman–Crippen LogP) is 3.28. The number of amides is 1. The van der Waals surface area contributed by atoms with E-state index in [4.69, 9.17) is 17.3 Å². The highest BCUT2D eigenvalue weighted by Crippen LogP contribution is 2.22. The summed E-state index contributed by atoms with van der Waals surface area (Å²) in [6.07, 6.45) is 2.38. The molecule has 0 aromatic heterocycles. The molecule has 2 atom stereocenters. The maximum atomic E-state index is 11.9. The largest absolute Gasteiger partial charge is 0.350 e. The molecule has 1 aromatic carbocycles. The van der Waals surface area contributed by atoms with Gasteiger partial charge in [-0.2, -0.15) is 0 Å². The summed E-state index contributed by atoms with van der Waals surface area (Å²) in [5.41, 5.74) is 6.45. The fourth-order valence-electron chi connectivity index (χ4n) is 2.02. The second kappa shape index (κ2) is 8.18. The second-order valence-corrected chi connectivity index (χ2v) is 5.44. The number of nitrogens with one attached hydrogen (secondary N) is 1. The van der Waals surface area contributed by atoms with E-state index in [2.05, 4.69) is 12.2 Å². The SMILES string of the molecule is CC(CCN)CCC(=O)NC(C)c1ccccc1Cl. The second-order valence-electron chi connectivity index (χ2n) is 5.03. The average molecular weight is 283 g/mol. The Bertz CT molecular complexity index is 409. The number of carbonyl (C=O) groups excluding carboxylic acids is 1. The van der Waals surface area contributed by atoms with Crippen LogP contribution in [0, 0.1) is 5.92 Å². The smallest absolute Gasteiger partial charge is 0.220 e. The molecule has 19 heavy (non-hydrogen) atoms. The number of hydrogen-bond donors (Lipinski definition) is 2. The van der Waals surface area contributed by atoms with E-state index < -0.39 is 0 Å². The van der Waals surface area contributed by atoms with Crippen LogP contribution in [0.1, 0.15) is 44.7 Å². The van der Waals surface area contributed by atoms with Gasteiger partial charge in [0.25, 0.3) is 0 Å². The minimum atomic E-state index is -0.0639. The topological polar surface area (TPSA) is 55.1 Å². The maximum Gasteiger partial charge on any atom is 0.220 e. The lowest BCUT2D eigenvalue weighted by molar-refractivity contribution is -0.122. The molecule has 0 aliphatic heterocycles. The van der Waals surface area contributed by atoms with Gasteiger partial charge in [-0.1, -0.05) is 36.7 Å². The van der Waals surface area contributed by atoms with E-state index in [-0.39, 0.29) is 11.9 Å². The lowest BCUT2D eigenvalue weighted by Crippen LogP contribution is -2.27. The molecule has 1 amide bonds. The fourth-order valence-corrected chi connectivity index (χ4v) is 2.32. The molecular weight excluding hydrogens is 260 g/mol. The Balaban J connectivity index is 2.42. The van der Waals surface area contributed by atoms with Gasteiger partial charge in [0.05, 0.1) is 6.04 Å². The van der Waals surface area contributed by atoms with Crippen molar-refractivity contribution in [1.82, 2.24) is 5.32 Å². The summed E-state index contributed by atoms with van der Waals surface area (Å²) < 4.78 is 0. The van der Waals surface area contributed by atoms with Crippen LogP contribution in [0.5, 0.6) is 0 Å². The number of carbonyl (C=O) groups is 1. The van der Waals surface area contributed by atoms with Crippen LogP contribution < -0.4 is 11.1 Å². The summed E-state index contributed by atoms with van der Waals surface area (Å²) in [4.78, 5) is 11.9. The van der Waals surface area contributed by atoms with E-state index in [1.165, 1.54) is 0 Å². The maximum absolute atomic E-state index is 11.9.